The Balaban J connectivity index is 1.83. The summed E-state index contributed by atoms with van der Waals surface area (Å²) in [6.45, 7) is 11.7. The van der Waals surface area contributed by atoms with Crippen LogP contribution in [0.25, 0.3) is 0 Å². The van der Waals surface area contributed by atoms with Crippen molar-refractivity contribution in [3.63, 3.8) is 0 Å². The zero-order valence-electron chi connectivity index (χ0n) is 21.9. The predicted molar refractivity (Wildman–Crippen MR) is 137 cm³/mol. The van der Waals surface area contributed by atoms with E-state index in [0.717, 1.165) is 12.0 Å². The number of carbonyl (C=O) groups excluding carboxylic acids is 3. The third kappa shape index (κ3) is 3.84. The van der Waals surface area contributed by atoms with E-state index in [1.54, 1.807) is 12.1 Å². The number of ether oxygens (including phenoxy) is 1. The highest BCUT2D eigenvalue weighted by molar-refractivity contribution is 6.34. The smallest absolute Gasteiger partial charge is 0.250 e. The van der Waals surface area contributed by atoms with Crippen molar-refractivity contribution < 1.29 is 24.2 Å². The number of aliphatic hydroxyl groups excluding tert-OH is 1. The van der Waals surface area contributed by atoms with E-state index in [1.165, 1.54) is 4.90 Å². The van der Waals surface area contributed by atoms with E-state index < -0.39 is 41.0 Å². The van der Waals surface area contributed by atoms with Crippen molar-refractivity contribution >= 4 is 35.0 Å². The normalized spacial score (nSPS) is 33.7. The number of hydrogen-bond donors (Lipinski definition) is 3. The Labute approximate surface area is 218 Å². The molecule has 3 heterocycles. The van der Waals surface area contributed by atoms with Gasteiger partial charge in [0.05, 0.1) is 40.8 Å². The van der Waals surface area contributed by atoms with Crippen molar-refractivity contribution in [2.45, 2.75) is 77.7 Å². The van der Waals surface area contributed by atoms with E-state index >= 15 is 0 Å². The number of aryl methyl sites for hydroxylation is 1. The Morgan fingerprint density at radius 2 is 2.00 bits per heavy atom. The van der Waals surface area contributed by atoms with Gasteiger partial charge >= 0.3 is 0 Å². The average molecular weight is 520 g/mol. The number of nitrogens with one attached hydrogen (secondary N) is 2. The van der Waals surface area contributed by atoms with E-state index in [4.69, 9.17) is 16.3 Å². The van der Waals surface area contributed by atoms with Gasteiger partial charge in [-0.15, -0.1) is 0 Å². The van der Waals surface area contributed by atoms with Gasteiger partial charge in [0.1, 0.15) is 11.6 Å². The Kier molecular flexibility index (Phi) is 7.18. The predicted octanol–water partition coefficient (Wildman–Crippen LogP) is 3.14. The summed E-state index contributed by atoms with van der Waals surface area (Å²) in [5.74, 6) is -2.68. The van der Waals surface area contributed by atoms with Crippen LogP contribution in [0.4, 0.5) is 5.69 Å². The minimum atomic E-state index is -1.18. The van der Waals surface area contributed by atoms with Crippen LogP contribution in [0, 0.1) is 30.6 Å². The van der Waals surface area contributed by atoms with Gasteiger partial charge in [-0.3, -0.25) is 14.4 Å². The Morgan fingerprint density at radius 1 is 1.31 bits per heavy atom. The van der Waals surface area contributed by atoms with Crippen LogP contribution in [0.2, 0.25) is 5.02 Å². The lowest BCUT2D eigenvalue weighted by Crippen LogP contribution is -2.57. The highest BCUT2D eigenvalue weighted by atomic mass is 35.5. The van der Waals surface area contributed by atoms with Crippen LogP contribution in [-0.2, 0) is 19.1 Å². The number of rotatable bonds is 8. The molecule has 1 aromatic carbocycles. The second kappa shape index (κ2) is 9.62. The molecule has 3 fully saturated rings. The summed E-state index contributed by atoms with van der Waals surface area (Å²) < 4.78 is 6.71. The molecule has 3 unspecified atom stereocenters. The summed E-state index contributed by atoms with van der Waals surface area (Å²) in [6.07, 6.45) is 1.23. The molecule has 198 valence electrons. The van der Waals surface area contributed by atoms with Crippen LogP contribution in [-0.4, -0.2) is 64.2 Å². The zero-order chi connectivity index (χ0) is 26.6. The Bertz CT molecular complexity index is 1040. The van der Waals surface area contributed by atoms with Crippen LogP contribution in [0.3, 0.4) is 0 Å². The number of fused-ring (bicyclic) bond motifs is 1. The second-order valence-corrected chi connectivity index (χ2v) is 11.6. The standard InChI is InChI=1S/C27H38ClN3O5/c1-7-11-29-23(33)19-20-25(35)31(18(13-32)14(2)3)22(27(20)12-16(5)26(19,6)36-27)24(34)30-21-15(4)9-8-10-17(21)28/h8-10,14,16,18-20,22,32H,7,11-13H2,1-6H3,(H,29,33)(H,30,34)/t16?,18-,19-,20-,22?,26+,27?/m0/s1. The van der Waals surface area contributed by atoms with Crippen LogP contribution in [0.5, 0.6) is 0 Å². The number of likely N-dealkylation sites (tertiary alicyclic amines) is 1. The lowest BCUT2D eigenvalue weighted by molar-refractivity contribution is -0.150. The molecule has 8 nitrogen and oxygen atoms in total. The molecule has 0 aliphatic carbocycles. The number of carbonyl (C=O) groups is 3. The minimum absolute atomic E-state index is 0.0529. The van der Waals surface area contributed by atoms with Gasteiger partial charge < -0.3 is 25.4 Å². The van der Waals surface area contributed by atoms with Crippen LogP contribution in [0.1, 0.15) is 53.0 Å². The van der Waals surface area contributed by atoms with Gasteiger partial charge in [0.15, 0.2) is 0 Å². The molecule has 3 N–H and O–H groups in total. The SMILES string of the molecule is CCCNC(=O)[C@@H]1[C@H]2C(=O)N([C@@H](CO)C(C)C)C(C(=O)Nc3c(C)cccc3Cl)C23CC(C)[C@@]1(C)O3. The Hall–Kier alpha value is -2.16. The molecule has 0 radical (unpaired) electrons. The third-order valence-electron chi connectivity index (χ3n) is 8.62. The molecule has 1 spiro atoms. The second-order valence-electron chi connectivity index (χ2n) is 11.2. The number of nitrogens with zero attached hydrogens (tertiary/aromatic N) is 1. The summed E-state index contributed by atoms with van der Waals surface area (Å²) in [6, 6.07) is 3.73. The van der Waals surface area contributed by atoms with Crippen molar-refractivity contribution in [3.8, 4) is 0 Å². The summed E-state index contributed by atoms with van der Waals surface area (Å²) >= 11 is 6.41. The number of para-hydroxylation sites is 1. The molecule has 3 saturated heterocycles. The molecule has 9 heteroatoms. The summed E-state index contributed by atoms with van der Waals surface area (Å²) in [5, 5.41) is 16.6. The van der Waals surface area contributed by atoms with Crippen molar-refractivity contribution in [2.24, 2.45) is 23.7 Å². The molecule has 1 aromatic rings. The molecule has 3 aliphatic heterocycles. The highest BCUT2D eigenvalue weighted by Gasteiger charge is 2.80. The number of halogens is 1. The molecule has 0 aromatic heterocycles. The van der Waals surface area contributed by atoms with Crippen molar-refractivity contribution in [1.82, 2.24) is 10.2 Å². The Morgan fingerprint density at radius 3 is 2.58 bits per heavy atom. The molecule has 36 heavy (non-hydrogen) atoms. The average Bonchev–Trinajstić information content (AvgIpc) is 3.32. The first kappa shape index (κ1) is 26.9. The van der Waals surface area contributed by atoms with Crippen molar-refractivity contribution in [2.75, 3.05) is 18.5 Å². The van der Waals surface area contributed by atoms with Gasteiger partial charge in [-0.25, -0.2) is 0 Å². The molecule has 3 aliphatic rings. The number of aliphatic hydroxyl groups is 1. The zero-order valence-corrected chi connectivity index (χ0v) is 22.7. The number of anilines is 1. The van der Waals surface area contributed by atoms with Gasteiger partial charge in [0, 0.05) is 6.54 Å². The van der Waals surface area contributed by atoms with Crippen molar-refractivity contribution in [3.05, 3.63) is 28.8 Å². The first-order chi connectivity index (χ1) is 16.9. The topological polar surface area (TPSA) is 108 Å². The van der Waals surface area contributed by atoms with Gasteiger partial charge in [0.2, 0.25) is 17.7 Å². The van der Waals surface area contributed by atoms with Crippen LogP contribution >= 0.6 is 11.6 Å². The molecule has 4 rings (SSSR count). The van der Waals surface area contributed by atoms with E-state index in [2.05, 4.69) is 10.6 Å². The fourth-order valence-corrected chi connectivity index (χ4v) is 6.96. The molecule has 2 bridgehead atoms. The first-order valence-electron chi connectivity index (χ1n) is 12.9. The van der Waals surface area contributed by atoms with E-state index in [9.17, 15) is 19.5 Å². The lowest BCUT2D eigenvalue weighted by atomic mass is 9.62. The lowest BCUT2D eigenvalue weighted by Gasteiger charge is -2.38. The van der Waals surface area contributed by atoms with E-state index in [0.29, 0.717) is 23.7 Å². The van der Waals surface area contributed by atoms with Gasteiger partial charge in [-0.2, -0.15) is 0 Å². The largest absolute Gasteiger partial charge is 0.394 e. The summed E-state index contributed by atoms with van der Waals surface area (Å²) in [4.78, 5) is 43.2. The third-order valence-corrected chi connectivity index (χ3v) is 8.93. The molecular weight excluding hydrogens is 482 g/mol. The molecular formula is C27H38ClN3O5. The maximum atomic E-state index is 14.2. The van der Waals surface area contributed by atoms with Crippen molar-refractivity contribution in [1.29, 1.82) is 0 Å². The van der Waals surface area contributed by atoms with Crippen LogP contribution in [0.15, 0.2) is 18.2 Å². The number of amides is 3. The molecule has 0 saturated carbocycles. The monoisotopic (exact) mass is 519 g/mol. The highest BCUT2D eigenvalue weighted by Crippen LogP contribution is 2.65. The fraction of sp³-hybridized carbons (Fsp3) is 0.667. The van der Waals surface area contributed by atoms with Gasteiger partial charge in [-0.05, 0) is 50.2 Å². The number of hydrogen-bond acceptors (Lipinski definition) is 5. The van der Waals surface area contributed by atoms with E-state index in [-0.39, 0.29) is 30.3 Å². The fourth-order valence-electron chi connectivity index (χ4n) is 6.69. The maximum absolute atomic E-state index is 14.2. The minimum Gasteiger partial charge on any atom is -0.394 e. The van der Waals surface area contributed by atoms with Gasteiger partial charge in [-0.1, -0.05) is 51.4 Å². The van der Waals surface area contributed by atoms with Crippen LogP contribution < -0.4 is 10.6 Å². The quantitative estimate of drug-likeness (QED) is 0.489. The summed E-state index contributed by atoms with van der Waals surface area (Å²) in [7, 11) is 0. The first-order valence-corrected chi connectivity index (χ1v) is 13.3. The summed E-state index contributed by atoms with van der Waals surface area (Å²) in [5.41, 5.74) is -0.793. The molecule has 7 atom stereocenters. The number of benzene rings is 1. The van der Waals surface area contributed by atoms with Gasteiger partial charge in [0.25, 0.3) is 0 Å². The van der Waals surface area contributed by atoms with E-state index in [1.807, 2.05) is 47.6 Å². The maximum Gasteiger partial charge on any atom is 0.250 e. The molecule has 3 amide bonds.